The van der Waals surface area contributed by atoms with E-state index in [-0.39, 0.29) is 0 Å². The van der Waals surface area contributed by atoms with Crippen molar-refractivity contribution in [3.8, 4) is 0 Å². The van der Waals surface area contributed by atoms with E-state index in [2.05, 4.69) is 19.1 Å². The third-order valence-corrected chi connectivity index (χ3v) is 1.89. The lowest BCUT2D eigenvalue weighted by Gasteiger charge is -2.18. The molecule has 0 bridgehead atoms. The second-order valence-corrected chi connectivity index (χ2v) is 2.95. The van der Waals surface area contributed by atoms with Gasteiger partial charge in [-0.25, -0.2) is 0 Å². The zero-order valence-electron chi connectivity index (χ0n) is 5.88. The van der Waals surface area contributed by atoms with E-state index in [4.69, 9.17) is 5.11 Å². The molecule has 1 rings (SSSR count). The molecule has 0 saturated heterocycles. The van der Waals surface area contributed by atoms with Crippen LogP contribution in [0.5, 0.6) is 0 Å². The van der Waals surface area contributed by atoms with Gasteiger partial charge in [0, 0.05) is 12.5 Å². The van der Waals surface area contributed by atoms with Crippen molar-refractivity contribution >= 4 is 0 Å². The van der Waals surface area contributed by atoms with E-state index in [1.165, 1.54) is 6.42 Å². The summed E-state index contributed by atoms with van der Waals surface area (Å²) in [4.78, 5) is 0. The van der Waals surface area contributed by atoms with Gasteiger partial charge < -0.3 is 5.11 Å². The van der Waals surface area contributed by atoms with Crippen molar-refractivity contribution in [3.63, 3.8) is 0 Å². The van der Waals surface area contributed by atoms with E-state index in [0.29, 0.717) is 12.5 Å². The van der Waals surface area contributed by atoms with Crippen LogP contribution in [0.3, 0.4) is 0 Å². The van der Waals surface area contributed by atoms with Crippen LogP contribution in [0.25, 0.3) is 0 Å². The third kappa shape index (κ3) is 1.83. The fourth-order valence-electron chi connectivity index (χ4n) is 1.33. The van der Waals surface area contributed by atoms with Crippen LogP contribution in [-0.2, 0) is 0 Å². The lowest BCUT2D eigenvalue weighted by Crippen LogP contribution is -2.11. The van der Waals surface area contributed by atoms with Crippen LogP contribution in [-0.4, -0.2) is 11.7 Å². The Hall–Kier alpha value is -0.300. The molecule has 1 aliphatic carbocycles. The summed E-state index contributed by atoms with van der Waals surface area (Å²) >= 11 is 0. The van der Waals surface area contributed by atoms with Crippen molar-refractivity contribution < 1.29 is 5.11 Å². The zero-order valence-corrected chi connectivity index (χ0v) is 5.88. The highest BCUT2D eigenvalue weighted by molar-refractivity contribution is 4.94. The molecular weight excluding hydrogens is 112 g/mol. The minimum atomic E-state index is 0.320. The Morgan fingerprint density at radius 3 is 2.89 bits per heavy atom. The number of aliphatic hydroxyl groups is 1. The van der Waals surface area contributed by atoms with E-state index in [1.54, 1.807) is 0 Å². The van der Waals surface area contributed by atoms with Crippen LogP contribution in [0.2, 0.25) is 0 Å². The van der Waals surface area contributed by atoms with Crippen molar-refractivity contribution in [2.45, 2.75) is 19.8 Å². The molecule has 0 radical (unpaired) electrons. The highest BCUT2D eigenvalue weighted by Crippen LogP contribution is 2.21. The van der Waals surface area contributed by atoms with Gasteiger partial charge in [0.15, 0.2) is 0 Å². The van der Waals surface area contributed by atoms with Gasteiger partial charge in [-0.05, 0) is 18.8 Å². The first-order valence-corrected chi connectivity index (χ1v) is 3.60. The third-order valence-electron chi connectivity index (χ3n) is 1.89. The maximum absolute atomic E-state index is 8.76. The molecule has 0 aromatic heterocycles. The van der Waals surface area contributed by atoms with Crippen LogP contribution in [0.15, 0.2) is 12.2 Å². The summed E-state index contributed by atoms with van der Waals surface area (Å²) < 4.78 is 0. The largest absolute Gasteiger partial charge is 0.396 e. The lowest BCUT2D eigenvalue weighted by atomic mass is 9.89. The van der Waals surface area contributed by atoms with Gasteiger partial charge in [-0.3, -0.25) is 0 Å². The van der Waals surface area contributed by atoms with Gasteiger partial charge in [-0.15, -0.1) is 0 Å². The molecule has 0 saturated carbocycles. The van der Waals surface area contributed by atoms with Crippen molar-refractivity contribution in [3.05, 3.63) is 12.2 Å². The molecule has 0 aliphatic heterocycles. The van der Waals surface area contributed by atoms with Crippen molar-refractivity contribution in [1.82, 2.24) is 0 Å². The highest BCUT2D eigenvalue weighted by atomic mass is 16.3. The van der Waals surface area contributed by atoms with Gasteiger partial charge in [0.2, 0.25) is 0 Å². The molecule has 52 valence electrons. The summed E-state index contributed by atoms with van der Waals surface area (Å²) in [6, 6.07) is 0. The molecule has 9 heavy (non-hydrogen) atoms. The van der Waals surface area contributed by atoms with Crippen LogP contribution in [0, 0.1) is 11.8 Å². The van der Waals surface area contributed by atoms with Crippen molar-refractivity contribution in [1.29, 1.82) is 0 Å². The van der Waals surface area contributed by atoms with E-state index in [1.807, 2.05) is 0 Å². The number of rotatable bonds is 1. The van der Waals surface area contributed by atoms with Gasteiger partial charge in [0.05, 0.1) is 0 Å². The summed E-state index contributed by atoms with van der Waals surface area (Å²) in [5.41, 5.74) is 0. The van der Waals surface area contributed by atoms with E-state index >= 15 is 0 Å². The smallest absolute Gasteiger partial charge is 0.0493 e. The van der Waals surface area contributed by atoms with Gasteiger partial charge in [0.1, 0.15) is 0 Å². The summed E-state index contributed by atoms with van der Waals surface area (Å²) in [5, 5.41) is 8.76. The maximum Gasteiger partial charge on any atom is 0.0493 e. The topological polar surface area (TPSA) is 20.2 Å². The first-order chi connectivity index (χ1) is 4.33. The molecule has 1 heteroatoms. The number of hydrogen-bond acceptors (Lipinski definition) is 1. The quantitative estimate of drug-likeness (QED) is 0.529. The Morgan fingerprint density at radius 1 is 1.67 bits per heavy atom. The van der Waals surface area contributed by atoms with E-state index in [0.717, 1.165) is 12.3 Å². The van der Waals surface area contributed by atoms with Crippen LogP contribution in [0.1, 0.15) is 19.8 Å². The predicted octanol–water partition coefficient (Wildman–Crippen LogP) is 1.58. The second-order valence-electron chi connectivity index (χ2n) is 2.95. The number of aliphatic hydroxyl groups excluding tert-OH is 1. The fourth-order valence-corrected chi connectivity index (χ4v) is 1.33. The molecule has 1 aliphatic rings. The van der Waals surface area contributed by atoms with Crippen LogP contribution >= 0.6 is 0 Å². The van der Waals surface area contributed by atoms with Crippen molar-refractivity contribution in [2.75, 3.05) is 6.61 Å². The van der Waals surface area contributed by atoms with Gasteiger partial charge in [0.25, 0.3) is 0 Å². The molecule has 1 N–H and O–H groups in total. The van der Waals surface area contributed by atoms with Gasteiger partial charge >= 0.3 is 0 Å². The predicted molar refractivity (Wildman–Crippen MR) is 38.1 cm³/mol. The van der Waals surface area contributed by atoms with Crippen LogP contribution in [0.4, 0.5) is 0 Å². The van der Waals surface area contributed by atoms with E-state index in [9.17, 15) is 0 Å². The Morgan fingerprint density at radius 2 is 2.44 bits per heavy atom. The summed E-state index contributed by atoms with van der Waals surface area (Å²) in [5.74, 6) is 1.21. The SMILES string of the molecule is CC1CC=CC(CO)C1. The zero-order chi connectivity index (χ0) is 6.69. The lowest BCUT2D eigenvalue weighted by molar-refractivity contribution is 0.227. The average Bonchev–Trinajstić information content (AvgIpc) is 1.88. The Labute approximate surface area is 56.4 Å². The Kier molecular flexibility index (Phi) is 2.29. The average molecular weight is 126 g/mol. The molecule has 0 fully saturated rings. The molecule has 0 aromatic rings. The molecular formula is C8H14O. The minimum absolute atomic E-state index is 0.320. The van der Waals surface area contributed by atoms with Crippen molar-refractivity contribution in [2.24, 2.45) is 11.8 Å². The molecule has 0 aromatic carbocycles. The van der Waals surface area contributed by atoms with Crippen LogP contribution < -0.4 is 0 Å². The number of hydrogen-bond donors (Lipinski definition) is 1. The molecule has 0 amide bonds. The highest BCUT2D eigenvalue weighted by Gasteiger charge is 2.12. The molecule has 0 heterocycles. The first-order valence-electron chi connectivity index (χ1n) is 3.60. The van der Waals surface area contributed by atoms with E-state index < -0.39 is 0 Å². The molecule has 2 unspecified atom stereocenters. The summed E-state index contributed by atoms with van der Waals surface area (Å²) in [6.07, 6.45) is 6.65. The standard InChI is InChI=1S/C8H14O/c1-7-3-2-4-8(5-7)6-9/h2,4,7-9H,3,5-6H2,1H3. The minimum Gasteiger partial charge on any atom is -0.396 e. The van der Waals surface area contributed by atoms with Gasteiger partial charge in [-0.1, -0.05) is 19.1 Å². The molecule has 1 nitrogen and oxygen atoms in total. The normalized spacial score (nSPS) is 34.9. The molecule has 2 atom stereocenters. The Bertz CT molecular complexity index is 107. The monoisotopic (exact) mass is 126 g/mol. The fraction of sp³-hybridized carbons (Fsp3) is 0.750. The van der Waals surface area contributed by atoms with Gasteiger partial charge in [-0.2, -0.15) is 0 Å². The first kappa shape index (κ1) is 6.81. The molecule has 0 spiro atoms. The Balaban J connectivity index is 2.39. The summed E-state index contributed by atoms with van der Waals surface area (Å²) in [6.45, 7) is 2.55. The maximum atomic E-state index is 8.76. The number of allylic oxidation sites excluding steroid dienone is 1. The summed E-state index contributed by atoms with van der Waals surface area (Å²) in [7, 11) is 0. The second kappa shape index (κ2) is 3.02.